The first-order valence-electron chi connectivity index (χ1n) is 42.3. The molecule has 12 N–H and O–H groups in total. The van der Waals surface area contributed by atoms with Crippen LogP contribution < -0.4 is 59.2 Å². The van der Waals surface area contributed by atoms with Crippen LogP contribution in [0, 0.1) is 46.3 Å². The van der Waals surface area contributed by atoms with Crippen LogP contribution in [0.25, 0.3) is 44.1 Å². The van der Waals surface area contributed by atoms with E-state index in [4.69, 9.17) is 37.9 Å². The molecule has 3 aromatic carbocycles. The van der Waals surface area contributed by atoms with Gasteiger partial charge in [0.25, 0.3) is 5.88 Å². The maximum absolute atomic E-state index is 14.9. The molecule has 9 aromatic heterocycles. The number of nitrogens with one attached hydrogen (secondary N) is 4. The lowest BCUT2D eigenvalue weighted by molar-refractivity contribution is -0.0179. The zero-order valence-corrected chi connectivity index (χ0v) is 69.8. The van der Waals surface area contributed by atoms with E-state index in [1.54, 1.807) is 31.6 Å². The summed E-state index contributed by atoms with van der Waals surface area (Å²) in [5.41, 5.74) is 12.7. The summed E-state index contributed by atoms with van der Waals surface area (Å²) in [7, 11) is 1.36. The van der Waals surface area contributed by atoms with Gasteiger partial charge in [-0.2, -0.15) is 4.98 Å². The van der Waals surface area contributed by atoms with E-state index >= 15 is 0 Å². The molecule has 0 saturated heterocycles. The van der Waals surface area contributed by atoms with Crippen LogP contribution in [0.5, 0.6) is 46.3 Å². The summed E-state index contributed by atoms with van der Waals surface area (Å²) in [6.45, 7) is 19.7. The first-order valence-corrected chi connectivity index (χ1v) is 42.3. The Bertz CT molecular complexity index is 5830. The Morgan fingerprint density at radius 2 is 0.911 bits per heavy atom. The van der Waals surface area contributed by atoms with E-state index in [-0.39, 0.29) is 47.5 Å². The van der Waals surface area contributed by atoms with Crippen molar-refractivity contribution in [1.29, 1.82) is 0 Å². The number of halogens is 2. The summed E-state index contributed by atoms with van der Waals surface area (Å²) in [5.74, 6) is 2.88. The number of methoxy groups -OCH3 is 1. The third-order valence-corrected chi connectivity index (χ3v) is 25.4. The molecule has 4 aliphatic carbocycles. The summed E-state index contributed by atoms with van der Waals surface area (Å²) in [5, 5.41) is 104. The molecule has 32 heteroatoms. The number of aliphatic hydroxyl groups excluding tert-OH is 8. The number of ether oxygens (including phenoxy) is 8. The number of aromatic nitrogens is 10. The number of benzene rings is 3. The lowest BCUT2D eigenvalue weighted by Gasteiger charge is -2.26. The third-order valence-electron chi connectivity index (χ3n) is 25.4. The van der Waals surface area contributed by atoms with E-state index in [1.807, 2.05) is 150 Å². The second-order valence-electron chi connectivity index (χ2n) is 33.2. The van der Waals surface area contributed by atoms with Crippen LogP contribution in [0.15, 0.2) is 129 Å². The van der Waals surface area contributed by atoms with Crippen molar-refractivity contribution in [2.24, 2.45) is 0 Å². The lowest BCUT2D eigenvalue weighted by atomic mass is 9.98. The van der Waals surface area contributed by atoms with Gasteiger partial charge in [-0.3, -0.25) is 0 Å². The minimum Gasteiger partial charge on any atom is -0.492 e. The smallest absolute Gasteiger partial charge is 0.253 e. The Morgan fingerprint density at radius 3 is 1.44 bits per heavy atom. The van der Waals surface area contributed by atoms with Crippen molar-refractivity contribution in [1.82, 2.24) is 69.4 Å². The minimum atomic E-state index is -1.14. The normalized spacial score (nSPS) is 26.4. The summed E-state index contributed by atoms with van der Waals surface area (Å²) in [4.78, 5) is 26.2. The molecular formula is C91H106F2N14O16. The number of aryl methyl sites for hydroxylation is 5. The van der Waals surface area contributed by atoms with E-state index in [1.165, 1.54) is 13.4 Å². The maximum Gasteiger partial charge on any atom is 0.253 e. The van der Waals surface area contributed by atoms with Crippen LogP contribution in [0.2, 0.25) is 0 Å². The van der Waals surface area contributed by atoms with E-state index in [0.29, 0.717) is 137 Å². The quantitative estimate of drug-likeness (QED) is 0.0459. The number of hydrogen-bond acceptors (Lipinski definition) is 26. The highest BCUT2D eigenvalue weighted by Gasteiger charge is 2.49. The first kappa shape index (κ1) is 84.5. The Balaban J connectivity index is 0.000000116. The van der Waals surface area contributed by atoms with Gasteiger partial charge in [-0.1, -0.05) is 6.07 Å². The SMILES string of the molecule is CCOc1cc(OC2CC(n3ccc4c(C)ccnc43)C(O)C2O)c2c(c1F)CCNC2.COc1nc(OC2CC(n3ccc4c(C)ncnc43)C(O)C2O)c2c(c1F)CCNC2.Cc1cc2c(c(OC3CC(n4ccc5c(C)ccnc54)C(O)C3O)c1)CNCCO2.Cc1ccnc2c1ccn2C1CC(Oc2cccc3c2CNC(C)CO3)C(O)C1O. The van der Waals surface area contributed by atoms with Crippen LogP contribution in [0.1, 0.15) is 125 Å². The Hall–Kier alpha value is -10.7. The molecule has 0 amide bonds. The van der Waals surface area contributed by atoms with Gasteiger partial charge in [0, 0.05) is 169 Å². The first-order chi connectivity index (χ1) is 59.5. The molecule has 13 heterocycles. The van der Waals surface area contributed by atoms with Crippen molar-refractivity contribution in [2.75, 3.05) is 46.6 Å². The van der Waals surface area contributed by atoms with Gasteiger partial charge in [-0.05, 0) is 163 Å². The molecular weight excluding hydrogens is 1580 g/mol. The third kappa shape index (κ3) is 16.4. The number of hydrogen-bond donors (Lipinski definition) is 12. The van der Waals surface area contributed by atoms with Gasteiger partial charge in [-0.15, -0.1) is 0 Å². The monoisotopic (exact) mass is 1690 g/mol. The molecule has 123 heavy (non-hydrogen) atoms. The number of fused-ring (bicyclic) bond motifs is 8. The van der Waals surface area contributed by atoms with Crippen LogP contribution in [-0.4, -0.2) is 215 Å². The maximum atomic E-state index is 14.9. The van der Waals surface area contributed by atoms with E-state index in [9.17, 15) is 49.6 Å². The van der Waals surface area contributed by atoms with Crippen LogP contribution >= 0.6 is 0 Å². The number of rotatable bonds is 15. The second-order valence-corrected chi connectivity index (χ2v) is 33.2. The largest absolute Gasteiger partial charge is 0.492 e. The number of aliphatic hydroxyl groups is 8. The van der Waals surface area contributed by atoms with E-state index < -0.39 is 85.1 Å². The van der Waals surface area contributed by atoms with Crippen molar-refractivity contribution in [3.05, 3.63) is 202 Å². The average Bonchev–Trinajstić information content (AvgIpc) is 1.64. The summed E-state index contributed by atoms with van der Waals surface area (Å²) < 4.78 is 84.4. The zero-order chi connectivity index (χ0) is 85.8. The number of nitrogens with zero attached hydrogens (tertiary/aromatic N) is 10. The van der Waals surface area contributed by atoms with Crippen molar-refractivity contribution >= 4 is 44.1 Å². The van der Waals surface area contributed by atoms with Crippen molar-refractivity contribution < 1.29 is 87.5 Å². The Labute approximate surface area is 708 Å². The molecule has 17 atom stereocenters. The Kier molecular flexibility index (Phi) is 24.6. The van der Waals surface area contributed by atoms with Crippen LogP contribution in [0.3, 0.4) is 0 Å². The molecule has 4 aliphatic heterocycles. The van der Waals surface area contributed by atoms with Crippen molar-refractivity contribution in [3.8, 4) is 46.3 Å². The summed E-state index contributed by atoms with van der Waals surface area (Å²) in [6.07, 6.45) is 6.48. The highest BCUT2D eigenvalue weighted by Crippen LogP contribution is 2.46. The molecule has 30 nitrogen and oxygen atoms in total. The standard InChI is InChI=1S/C24H28FN3O4.2C23H27N3O4.C21H24FN5O4/c1-3-31-19-11-18(16-12-26-7-5-15(16)21(19)25)32-20-10-17(22(29)23(20)30)28-9-6-14-13(2)4-8-27-24(14)28;1-13-9-18-16(12-24-6-8-29-18)19(10-13)30-20-11-17(21(27)22(20)28)26-7-4-15-14(2)3-5-25-23(15)26;1-13-6-8-24-23-15(13)7-9-26(23)17-10-20(22(28)21(17)27)30-19-5-3-4-18-16(19)11-25-14(2)12-29-18;1-10-11-4-6-27(19(11)25-9-24-10)14-7-15(18(29)17(14)28)31-20-13-8-23-5-3-12(13)16(22)21(26-20)30-2/h4,6,8-9,11,17,20,22-23,26,29-30H,3,5,7,10,12H2,1-2H3;3-5,7,9-10,17,20-22,24,27-28H,6,8,11-12H2,1-2H3;3-9,14,17,20-22,25,27-28H,10-12H2,1-2H3;4,6,9,14-15,17-18,23,28-29H,3,5,7-8H2,1-2H3. The van der Waals surface area contributed by atoms with Gasteiger partial charge in [0.05, 0.1) is 43.6 Å². The van der Waals surface area contributed by atoms with E-state index in [2.05, 4.69) is 58.1 Å². The molecule has 4 saturated carbocycles. The fraction of sp³-hybridized carbons (Fsp3) is 0.451. The predicted molar refractivity (Wildman–Crippen MR) is 452 cm³/mol. The summed E-state index contributed by atoms with van der Waals surface area (Å²) >= 11 is 0. The molecule has 0 spiro atoms. The number of pyridine rings is 4. The van der Waals surface area contributed by atoms with Gasteiger partial charge in [0.1, 0.15) is 144 Å². The molecule has 17 unspecified atom stereocenters. The van der Waals surface area contributed by atoms with Gasteiger partial charge in [0.15, 0.2) is 17.4 Å². The molecule has 0 radical (unpaired) electrons. The lowest BCUT2D eigenvalue weighted by Crippen LogP contribution is -2.35. The van der Waals surface area contributed by atoms with Crippen molar-refractivity contribution in [2.45, 2.75) is 217 Å². The average molecular weight is 1690 g/mol. The highest BCUT2D eigenvalue weighted by molar-refractivity contribution is 5.82. The highest BCUT2D eigenvalue weighted by atomic mass is 19.1. The fourth-order valence-corrected chi connectivity index (χ4v) is 18.6. The van der Waals surface area contributed by atoms with Crippen LogP contribution in [0.4, 0.5) is 8.78 Å². The zero-order valence-electron chi connectivity index (χ0n) is 69.8. The molecule has 650 valence electrons. The minimum absolute atomic E-state index is 0.135. The molecule has 0 bridgehead atoms. The molecule has 20 rings (SSSR count). The fourth-order valence-electron chi connectivity index (χ4n) is 18.6. The topological polar surface area (TPSA) is 381 Å². The molecule has 4 fully saturated rings. The summed E-state index contributed by atoms with van der Waals surface area (Å²) in [6, 6.07) is 23.8. The Morgan fingerprint density at radius 1 is 0.447 bits per heavy atom. The molecule has 8 aliphatic rings. The van der Waals surface area contributed by atoms with Gasteiger partial charge < -0.3 is 118 Å². The predicted octanol–water partition coefficient (Wildman–Crippen LogP) is 8.26. The van der Waals surface area contributed by atoms with Gasteiger partial charge >= 0.3 is 0 Å². The van der Waals surface area contributed by atoms with Gasteiger partial charge in [0.2, 0.25) is 5.88 Å². The van der Waals surface area contributed by atoms with Gasteiger partial charge in [-0.25, -0.2) is 33.7 Å². The molecule has 12 aromatic rings. The van der Waals surface area contributed by atoms with E-state index in [0.717, 1.165) is 101 Å². The second kappa shape index (κ2) is 35.9. The van der Waals surface area contributed by atoms with Crippen molar-refractivity contribution in [3.63, 3.8) is 0 Å². The van der Waals surface area contributed by atoms with Crippen LogP contribution in [-0.2, 0) is 39.0 Å².